The zero-order valence-electron chi connectivity index (χ0n) is 12.4. The molecule has 116 valence electrons. The zero-order valence-corrected chi connectivity index (χ0v) is 12.4. The first-order chi connectivity index (χ1) is 10.2. The Morgan fingerprint density at radius 3 is 3.10 bits per heavy atom. The predicted molar refractivity (Wildman–Crippen MR) is 75.4 cm³/mol. The first-order valence-corrected chi connectivity index (χ1v) is 7.57. The van der Waals surface area contributed by atoms with Crippen LogP contribution in [0.4, 0.5) is 0 Å². The molecule has 1 atom stereocenters. The maximum absolute atomic E-state index is 11.9. The van der Waals surface area contributed by atoms with Crippen LogP contribution in [0.1, 0.15) is 50.7 Å². The van der Waals surface area contributed by atoms with Crippen LogP contribution in [0.25, 0.3) is 0 Å². The third kappa shape index (κ3) is 4.84. The average molecular weight is 294 g/mol. The molecule has 0 radical (unpaired) electrons. The Labute approximate surface area is 123 Å². The molecule has 0 bridgehead atoms. The van der Waals surface area contributed by atoms with Gasteiger partial charge in [0.2, 0.25) is 17.7 Å². The summed E-state index contributed by atoms with van der Waals surface area (Å²) in [5.41, 5.74) is 0. The molecule has 0 unspecified atom stereocenters. The van der Waals surface area contributed by atoms with E-state index in [1.165, 1.54) is 0 Å². The zero-order chi connectivity index (χ0) is 15.1. The van der Waals surface area contributed by atoms with Gasteiger partial charge in [0.25, 0.3) is 0 Å². The topological polar surface area (TPSA) is 97.1 Å². The normalized spacial score (nSPS) is 18.9. The lowest BCUT2D eigenvalue weighted by molar-refractivity contribution is -0.128. The molecule has 0 saturated carbocycles. The van der Waals surface area contributed by atoms with Crippen molar-refractivity contribution in [2.75, 3.05) is 6.54 Å². The van der Waals surface area contributed by atoms with E-state index in [4.69, 9.17) is 4.52 Å². The van der Waals surface area contributed by atoms with Crippen molar-refractivity contribution in [3.63, 3.8) is 0 Å². The second kappa shape index (κ2) is 7.75. The van der Waals surface area contributed by atoms with E-state index >= 15 is 0 Å². The van der Waals surface area contributed by atoms with E-state index in [1.807, 2.05) is 6.92 Å². The van der Waals surface area contributed by atoms with Crippen molar-refractivity contribution in [3.05, 3.63) is 11.7 Å². The highest BCUT2D eigenvalue weighted by Gasteiger charge is 2.22. The van der Waals surface area contributed by atoms with Gasteiger partial charge in [-0.25, -0.2) is 0 Å². The van der Waals surface area contributed by atoms with Crippen LogP contribution in [0.5, 0.6) is 0 Å². The highest BCUT2D eigenvalue weighted by Crippen LogP contribution is 2.07. The van der Waals surface area contributed by atoms with E-state index in [2.05, 4.69) is 20.8 Å². The van der Waals surface area contributed by atoms with Gasteiger partial charge < -0.3 is 15.2 Å². The second-order valence-corrected chi connectivity index (χ2v) is 5.22. The fraction of sp³-hybridized carbons (Fsp3) is 0.714. The average Bonchev–Trinajstić information content (AvgIpc) is 2.84. The van der Waals surface area contributed by atoms with E-state index in [9.17, 15) is 9.59 Å². The Balaban J connectivity index is 1.70. The van der Waals surface area contributed by atoms with Gasteiger partial charge in [-0.3, -0.25) is 9.59 Å². The minimum atomic E-state index is -0.393. The summed E-state index contributed by atoms with van der Waals surface area (Å²) in [6, 6.07) is -0.393. The summed E-state index contributed by atoms with van der Waals surface area (Å²) in [6.07, 6.45) is 4.93. The van der Waals surface area contributed by atoms with Crippen molar-refractivity contribution < 1.29 is 14.1 Å². The number of hydrogen-bond acceptors (Lipinski definition) is 5. The SMILES string of the molecule is CCc1noc(CCCC(=O)N[C@H]2CCCCNC2=O)n1. The van der Waals surface area contributed by atoms with Gasteiger partial charge in [0.15, 0.2) is 5.82 Å². The van der Waals surface area contributed by atoms with Gasteiger partial charge in [-0.15, -0.1) is 0 Å². The van der Waals surface area contributed by atoms with Gasteiger partial charge in [-0.1, -0.05) is 12.1 Å². The summed E-state index contributed by atoms with van der Waals surface area (Å²) in [7, 11) is 0. The molecule has 7 heteroatoms. The molecule has 0 spiro atoms. The minimum absolute atomic E-state index is 0.0784. The fourth-order valence-electron chi connectivity index (χ4n) is 2.28. The van der Waals surface area contributed by atoms with Gasteiger partial charge in [-0.05, 0) is 25.7 Å². The first-order valence-electron chi connectivity index (χ1n) is 7.57. The van der Waals surface area contributed by atoms with Crippen molar-refractivity contribution in [2.45, 2.75) is 57.9 Å². The lowest BCUT2D eigenvalue weighted by Gasteiger charge is -2.14. The molecule has 2 heterocycles. The van der Waals surface area contributed by atoms with Crippen LogP contribution >= 0.6 is 0 Å². The van der Waals surface area contributed by atoms with Gasteiger partial charge in [-0.2, -0.15) is 4.98 Å². The van der Waals surface area contributed by atoms with Crippen LogP contribution in [-0.4, -0.2) is 34.5 Å². The summed E-state index contributed by atoms with van der Waals surface area (Å²) < 4.78 is 5.06. The number of nitrogens with one attached hydrogen (secondary N) is 2. The molecule has 1 fully saturated rings. The van der Waals surface area contributed by atoms with Crippen LogP contribution in [-0.2, 0) is 22.4 Å². The Morgan fingerprint density at radius 1 is 1.48 bits per heavy atom. The van der Waals surface area contributed by atoms with Gasteiger partial charge >= 0.3 is 0 Å². The summed E-state index contributed by atoms with van der Waals surface area (Å²) in [6.45, 7) is 2.65. The standard InChI is InChI=1S/C14H22N4O3/c1-2-11-17-13(21-18-11)8-5-7-12(19)16-10-6-3-4-9-15-14(10)20/h10H,2-9H2,1H3,(H,15,20)(H,16,19)/t10-/m0/s1. The maximum atomic E-state index is 11.9. The predicted octanol–water partition coefficient (Wildman–Crippen LogP) is 0.740. The summed E-state index contributed by atoms with van der Waals surface area (Å²) >= 11 is 0. The van der Waals surface area contributed by atoms with Crippen molar-refractivity contribution in [3.8, 4) is 0 Å². The molecule has 1 aliphatic rings. The molecular formula is C14H22N4O3. The van der Waals surface area contributed by atoms with Gasteiger partial charge in [0, 0.05) is 25.8 Å². The molecule has 1 aromatic rings. The molecule has 7 nitrogen and oxygen atoms in total. The summed E-state index contributed by atoms with van der Waals surface area (Å²) in [5, 5.41) is 9.40. The third-order valence-electron chi connectivity index (χ3n) is 3.49. The molecule has 2 rings (SSSR count). The highest BCUT2D eigenvalue weighted by molar-refractivity contribution is 5.87. The number of aromatic nitrogens is 2. The number of hydrogen-bond donors (Lipinski definition) is 2. The lowest BCUT2D eigenvalue weighted by atomic mass is 10.1. The molecule has 21 heavy (non-hydrogen) atoms. The summed E-state index contributed by atoms with van der Waals surface area (Å²) in [5.74, 6) is 1.06. The van der Waals surface area contributed by atoms with Crippen molar-refractivity contribution in [1.82, 2.24) is 20.8 Å². The number of carbonyl (C=O) groups is 2. The van der Waals surface area contributed by atoms with Crippen molar-refractivity contribution in [1.29, 1.82) is 0 Å². The molecule has 0 aromatic carbocycles. The first kappa shape index (κ1) is 15.5. The smallest absolute Gasteiger partial charge is 0.242 e. The number of nitrogens with zero attached hydrogens (tertiary/aromatic N) is 2. The molecule has 2 N–H and O–H groups in total. The van der Waals surface area contributed by atoms with E-state index < -0.39 is 6.04 Å². The van der Waals surface area contributed by atoms with Crippen LogP contribution in [0.15, 0.2) is 4.52 Å². The maximum Gasteiger partial charge on any atom is 0.242 e. The monoisotopic (exact) mass is 294 g/mol. The Hall–Kier alpha value is -1.92. The molecule has 0 aliphatic carbocycles. The third-order valence-corrected chi connectivity index (χ3v) is 3.49. The van der Waals surface area contributed by atoms with Gasteiger partial charge in [0.05, 0.1) is 0 Å². The molecule has 2 amide bonds. The quantitative estimate of drug-likeness (QED) is 0.806. The largest absolute Gasteiger partial charge is 0.354 e. The van der Waals surface area contributed by atoms with E-state index in [1.54, 1.807) is 0 Å². The molecule has 1 saturated heterocycles. The fourth-order valence-corrected chi connectivity index (χ4v) is 2.28. The van der Waals surface area contributed by atoms with Gasteiger partial charge in [0.1, 0.15) is 6.04 Å². The minimum Gasteiger partial charge on any atom is -0.354 e. The molecular weight excluding hydrogens is 272 g/mol. The van der Waals surface area contributed by atoms with Crippen LogP contribution in [0.2, 0.25) is 0 Å². The molecule has 1 aromatic heterocycles. The molecule has 1 aliphatic heterocycles. The van der Waals surface area contributed by atoms with Crippen molar-refractivity contribution >= 4 is 11.8 Å². The summed E-state index contributed by atoms with van der Waals surface area (Å²) in [4.78, 5) is 27.8. The Bertz CT molecular complexity index is 486. The number of amides is 2. The number of carbonyl (C=O) groups excluding carboxylic acids is 2. The van der Waals surface area contributed by atoms with E-state index in [0.29, 0.717) is 43.9 Å². The van der Waals surface area contributed by atoms with Crippen LogP contribution in [0, 0.1) is 0 Å². The number of aryl methyl sites for hydroxylation is 2. The highest BCUT2D eigenvalue weighted by atomic mass is 16.5. The van der Waals surface area contributed by atoms with Crippen molar-refractivity contribution in [2.24, 2.45) is 0 Å². The Morgan fingerprint density at radius 2 is 2.33 bits per heavy atom. The lowest BCUT2D eigenvalue weighted by Crippen LogP contribution is -2.45. The second-order valence-electron chi connectivity index (χ2n) is 5.22. The van der Waals surface area contributed by atoms with E-state index in [0.717, 1.165) is 19.3 Å². The number of rotatable bonds is 6. The Kier molecular flexibility index (Phi) is 5.71. The van der Waals surface area contributed by atoms with Crippen LogP contribution in [0.3, 0.4) is 0 Å². The van der Waals surface area contributed by atoms with E-state index in [-0.39, 0.29) is 11.8 Å². The van der Waals surface area contributed by atoms with Crippen LogP contribution < -0.4 is 10.6 Å².